The van der Waals surface area contributed by atoms with Gasteiger partial charge < -0.3 is 4.67 Å². The standard InChI is InChI=1S/C11H26N3OP/c1-8-10-11(9-2)14(7)16(15,12(3)4)13(5)6/h9H,8,10H2,1-7H3/b11-9-/i2D. The fraction of sp³-hybridized carbons (Fsp3) is 0.818. The minimum Gasteiger partial charge on any atom is -0.306 e. The van der Waals surface area contributed by atoms with Gasteiger partial charge in [0.2, 0.25) is 0 Å². The lowest BCUT2D eigenvalue weighted by Crippen LogP contribution is -2.32. The molecule has 0 atom stereocenters. The lowest BCUT2D eigenvalue weighted by molar-refractivity contribution is 0.381. The molecule has 0 aromatic carbocycles. The van der Waals surface area contributed by atoms with Crippen LogP contribution in [0.2, 0.25) is 0 Å². The molecular formula is C11H26N3OP. The first-order chi connectivity index (χ1) is 7.82. The Balaban J connectivity index is 5.27. The molecule has 0 bridgehead atoms. The Morgan fingerprint density at radius 1 is 1.25 bits per heavy atom. The van der Waals surface area contributed by atoms with Crippen molar-refractivity contribution in [3.63, 3.8) is 0 Å². The van der Waals surface area contributed by atoms with Crippen molar-refractivity contribution in [2.45, 2.75) is 26.7 Å². The predicted octanol–water partition coefficient (Wildman–Crippen LogP) is 2.85. The van der Waals surface area contributed by atoms with Gasteiger partial charge >= 0.3 is 7.59 Å². The van der Waals surface area contributed by atoms with E-state index in [0.29, 0.717) is 0 Å². The molecular weight excluding hydrogens is 221 g/mol. The molecule has 0 heterocycles. The molecule has 0 amide bonds. The molecule has 0 aliphatic heterocycles. The maximum Gasteiger partial charge on any atom is 0.309 e. The highest BCUT2D eigenvalue weighted by Gasteiger charge is 2.33. The summed E-state index contributed by atoms with van der Waals surface area (Å²) < 4.78 is 25.6. The van der Waals surface area contributed by atoms with Crippen molar-refractivity contribution in [1.29, 1.82) is 0 Å². The zero-order chi connectivity index (χ0) is 13.6. The van der Waals surface area contributed by atoms with Gasteiger partial charge in [-0.2, -0.15) is 0 Å². The van der Waals surface area contributed by atoms with Crippen LogP contribution < -0.4 is 0 Å². The molecule has 0 aromatic heterocycles. The molecule has 0 radical (unpaired) electrons. The number of allylic oxidation sites excluding steroid dienone is 2. The van der Waals surface area contributed by atoms with Crippen LogP contribution in [0.1, 0.15) is 28.0 Å². The van der Waals surface area contributed by atoms with E-state index in [4.69, 9.17) is 1.37 Å². The summed E-state index contributed by atoms with van der Waals surface area (Å²) in [7, 11) is 6.41. The van der Waals surface area contributed by atoms with Crippen molar-refractivity contribution in [3.8, 4) is 0 Å². The van der Waals surface area contributed by atoms with Crippen molar-refractivity contribution in [3.05, 3.63) is 11.8 Å². The van der Waals surface area contributed by atoms with Crippen LogP contribution >= 0.6 is 7.59 Å². The second kappa shape index (κ2) is 6.43. The number of hydrogen-bond acceptors (Lipinski definition) is 1. The summed E-state index contributed by atoms with van der Waals surface area (Å²) in [6.07, 6.45) is 3.67. The van der Waals surface area contributed by atoms with Crippen LogP contribution in [-0.4, -0.2) is 49.2 Å². The summed E-state index contributed by atoms with van der Waals surface area (Å²) in [6.45, 7) is 2.31. The van der Waals surface area contributed by atoms with Gasteiger partial charge in [0.15, 0.2) is 0 Å². The summed E-state index contributed by atoms with van der Waals surface area (Å²) in [6, 6.07) is 0. The largest absolute Gasteiger partial charge is 0.309 e. The molecule has 4 nitrogen and oxygen atoms in total. The summed E-state index contributed by atoms with van der Waals surface area (Å²) >= 11 is 0. The van der Waals surface area contributed by atoms with E-state index >= 15 is 0 Å². The van der Waals surface area contributed by atoms with Crippen molar-refractivity contribution in [2.75, 3.05) is 35.2 Å². The van der Waals surface area contributed by atoms with Gasteiger partial charge in [-0.1, -0.05) is 19.4 Å². The SMILES string of the molecule is [2H]C/C=C(/CCC)N(C)P(=O)(N(C)C)N(C)C. The highest BCUT2D eigenvalue weighted by molar-refractivity contribution is 7.56. The maximum atomic E-state index is 13.0. The topological polar surface area (TPSA) is 26.8 Å². The third-order valence-electron chi connectivity index (χ3n) is 2.59. The normalized spacial score (nSPS) is 14.5. The molecule has 16 heavy (non-hydrogen) atoms. The van der Waals surface area contributed by atoms with E-state index in [-0.39, 0.29) is 6.90 Å². The van der Waals surface area contributed by atoms with Gasteiger partial charge in [0.1, 0.15) is 0 Å². The molecule has 5 heteroatoms. The molecule has 0 aliphatic rings. The van der Waals surface area contributed by atoms with Crippen molar-refractivity contribution >= 4 is 7.59 Å². The van der Waals surface area contributed by atoms with Gasteiger partial charge in [-0.3, -0.25) is 4.57 Å². The summed E-state index contributed by atoms with van der Waals surface area (Å²) in [5.74, 6) is 0. The Bertz CT molecular complexity index is 293. The van der Waals surface area contributed by atoms with Crippen LogP contribution in [0, 0.1) is 0 Å². The quantitative estimate of drug-likeness (QED) is 0.675. The third kappa shape index (κ3) is 3.09. The van der Waals surface area contributed by atoms with Gasteiger partial charge in [0, 0.05) is 14.1 Å². The van der Waals surface area contributed by atoms with E-state index in [1.165, 1.54) is 0 Å². The van der Waals surface area contributed by atoms with E-state index in [1.807, 2.05) is 46.0 Å². The fourth-order valence-electron chi connectivity index (χ4n) is 1.71. The zero-order valence-corrected chi connectivity index (χ0v) is 12.3. The monoisotopic (exact) mass is 248 g/mol. The van der Waals surface area contributed by atoms with Crippen LogP contribution in [0.3, 0.4) is 0 Å². The van der Waals surface area contributed by atoms with Crippen molar-refractivity contribution in [1.82, 2.24) is 14.0 Å². The average molecular weight is 248 g/mol. The first-order valence-electron chi connectivity index (χ1n) is 6.21. The molecule has 0 aliphatic carbocycles. The Labute approximate surface area is 102 Å². The van der Waals surface area contributed by atoms with E-state index < -0.39 is 7.59 Å². The molecule has 0 fully saturated rings. The second-order valence-electron chi connectivity index (χ2n) is 4.18. The lowest BCUT2D eigenvalue weighted by Gasteiger charge is -2.39. The molecule has 96 valence electrons. The van der Waals surface area contributed by atoms with Gasteiger partial charge in [-0.25, -0.2) is 9.34 Å². The molecule has 0 saturated heterocycles. The van der Waals surface area contributed by atoms with E-state index in [0.717, 1.165) is 18.5 Å². The van der Waals surface area contributed by atoms with Crippen LogP contribution in [0.15, 0.2) is 11.8 Å². The summed E-state index contributed by atoms with van der Waals surface area (Å²) in [5, 5.41) is 0. The van der Waals surface area contributed by atoms with E-state index in [1.54, 1.807) is 9.34 Å². The highest BCUT2D eigenvalue weighted by Crippen LogP contribution is 2.54. The number of hydrogen-bond donors (Lipinski definition) is 0. The molecule has 0 N–H and O–H groups in total. The first-order valence-corrected chi connectivity index (χ1v) is 7.06. The Kier molecular flexibility index (Phi) is 5.53. The maximum absolute atomic E-state index is 13.0. The van der Waals surface area contributed by atoms with E-state index in [2.05, 4.69) is 6.92 Å². The van der Waals surface area contributed by atoms with Crippen molar-refractivity contribution in [2.24, 2.45) is 0 Å². The van der Waals surface area contributed by atoms with Gasteiger partial charge in [0.25, 0.3) is 0 Å². The Morgan fingerprint density at radius 3 is 2.06 bits per heavy atom. The van der Waals surface area contributed by atoms with Crippen LogP contribution in [-0.2, 0) is 4.57 Å². The van der Waals surface area contributed by atoms with E-state index in [9.17, 15) is 4.57 Å². The van der Waals surface area contributed by atoms with Crippen LogP contribution in [0.5, 0.6) is 0 Å². The number of rotatable bonds is 6. The molecule has 0 aromatic rings. The molecule has 0 unspecified atom stereocenters. The minimum atomic E-state index is -2.72. The average Bonchev–Trinajstić information content (AvgIpc) is 2.26. The zero-order valence-electron chi connectivity index (χ0n) is 12.4. The Hall–Kier alpha value is -0.310. The smallest absolute Gasteiger partial charge is 0.306 e. The van der Waals surface area contributed by atoms with Crippen molar-refractivity contribution < 1.29 is 5.94 Å². The van der Waals surface area contributed by atoms with Gasteiger partial charge in [-0.05, 0) is 41.5 Å². The summed E-state index contributed by atoms with van der Waals surface area (Å²) in [5.41, 5.74) is 0.980. The third-order valence-corrected chi connectivity index (χ3v) is 5.71. The van der Waals surface area contributed by atoms with Crippen LogP contribution in [0.25, 0.3) is 0 Å². The second-order valence-corrected chi connectivity index (χ2v) is 7.40. The van der Waals surface area contributed by atoms with Gasteiger partial charge in [0.05, 0.1) is 0 Å². The Morgan fingerprint density at radius 2 is 1.75 bits per heavy atom. The molecule has 0 spiro atoms. The fourth-order valence-corrected chi connectivity index (χ4v) is 4.02. The minimum absolute atomic E-state index is 0.223. The molecule has 0 saturated carbocycles. The number of nitrogens with zero attached hydrogens (tertiary/aromatic N) is 3. The first kappa shape index (κ1) is 13.8. The van der Waals surface area contributed by atoms with Gasteiger partial charge in [-0.15, -0.1) is 0 Å². The predicted molar refractivity (Wildman–Crippen MR) is 71.4 cm³/mol. The lowest BCUT2D eigenvalue weighted by atomic mass is 10.2. The molecule has 0 rings (SSSR count). The van der Waals surface area contributed by atoms with Crippen LogP contribution in [0.4, 0.5) is 0 Å². The highest BCUT2D eigenvalue weighted by atomic mass is 31.2. The summed E-state index contributed by atoms with van der Waals surface area (Å²) in [4.78, 5) is 0.